The monoisotopic (exact) mass is 286 g/mol. The number of rotatable bonds is 5. The molecule has 0 saturated carbocycles. The lowest BCUT2D eigenvalue weighted by Crippen LogP contribution is -2.46. The van der Waals surface area contributed by atoms with E-state index in [1.165, 1.54) is 11.6 Å². The standard InChI is InChI=1S/C17H22N2O2/c1-2-17(21)19-12-10-15(11-13-19)18-16(20)9-8-14-6-4-3-5-7-14/h2-7,15H,1,8-13H2,(H,18,20). The Kier molecular flexibility index (Phi) is 5.55. The number of nitrogens with zero attached hydrogens (tertiary/aromatic N) is 1. The molecule has 1 aromatic rings. The first-order valence-corrected chi connectivity index (χ1v) is 7.43. The van der Waals surface area contributed by atoms with E-state index in [4.69, 9.17) is 0 Å². The molecule has 112 valence electrons. The summed E-state index contributed by atoms with van der Waals surface area (Å²) in [6.45, 7) is 4.87. The minimum absolute atomic E-state index is 0.0242. The molecule has 0 aliphatic carbocycles. The van der Waals surface area contributed by atoms with Gasteiger partial charge in [0.2, 0.25) is 11.8 Å². The smallest absolute Gasteiger partial charge is 0.245 e. The van der Waals surface area contributed by atoms with E-state index in [-0.39, 0.29) is 17.9 Å². The molecule has 4 heteroatoms. The number of carbonyl (C=O) groups is 2. The molecular formula is C17H22N2O2. The minimum atomic E-state index is -0.0242. The van der Waals surface area contributed by atoms with Gasteiger partial charge in [0.25, 0.3) is 0 Å². The lowest BCUT2D eigenvalue weighted by molar-refractivity contribution is -0.127. The van der Waals surface area contributed by atoms with Crippen molar-refractivity contribution in [1.82, 2.24) is 10.2 Å². The van der Waals surface area contributed by atoms with Crippen LogP contribution in [0.15, 0.2) is 43.0 Å². The maximum atomic E-state index is 11.9. The average molecular weight is 286 g/mol. The van der Waals surface area contributed by atoms with Crippen molar-refractivity contribution in [2.45, 2.75) is 31.7 Å². The number of carbonyl (C=O) groups excluding carboxylic acids is 2. The highest BCUT2D eigenvalue weighted by molar-refractivity contribution is 5.87. The summed E-state index contributed by atoms with van der Waals surface area (Å²) >= 11 is 0. The molecule has 4 nitrogen and oxygen atoms in total. The molecule has 0 bridgehead atoms. The zero-order valence-electron chi connectivity index (χ0n) is 12.3. The first-order chi connectivity index (χ1) is 10.2. The van der Waals surface area contributed by atoms with Crippen molar-refractivity contribution < 1.29 is 9.59 Å². The molecule has 1 N–H and O–H groups in total. The Morgan fingerprint density at radius 2 is 1.90 bits per heavy atom. The molecule has 21 heavy (non-hydrogen) atoms. The quantitative estimate of drug-likeness (QED) is 0.841. The van der Waals surface area contributed by atoms with E-state index in [9.17, 15) is 9.59 Å². The lowest BCUT2D eigenvalue weighted by atomic mass is 10.0. The summed E-state index contributed by atoms with van der Waals surface area (Å²) in [5.41, 5.74) is 1.18. The Morgan fingerprint density at radius 1 is 1.24 bits per heavy atom. The molecule has 0 radical (unpaired) electrons. The van der Waals surface area contributed by atoms with Gasteiger partial charge in [0, 0.05) is 25.6 Å². The van der Waals surface area contributed by atoms with E-state index in [1.807, 2.05) is 30.3 Å². The van der Waals surface area contributed by atoms with Crippen LogP contribution in [0.25, 0.3) is 0 Å². The third-order valence-corrected chi connectivity index (χ3v) is 3.83. The summed E-state index contributed by atoms with van der Waals surface area (Å²) < 4.78 is 0. The molecule has 1 aromatic carbocycles. The molecule has 2 rings (SSSR count). The van der Waals surface area contributed by atoms with Gasteiger partial charge >= 0.3 is 0 Å². The first kappa shape index (κ1) is 15.3. The SMILES string of the molecule is C=CC(=O)N1CCC(NC(=O)CCc2ccccc2)CC1. The summed E-state index contributed by atoms with van der Waals surface area (Å²) in [6, 6.07) is 10.2. The van der Waals surface area contributed by atoms with Gasteiger partial charge in [-0.2, -0.15) is 0 Å². The second-order valence-corrected chi connectivity index (χ2v) is 5.36. The molecular weight excluding hydrogens is 264 g/mol. The first-order valence-electron chi connectivity index (χ1n) is 7.43. The Hall–Kier alpha value is -2.10. The fourth-order valence-corrected chi connectivity index (χ4v) is 2.58. The van der Waals surface area contributed by atoms with E-state index >= 15 is 0 Å². The van der Waals surface area contributed by atoms with Gasteiger partial charge in [-0.3, -0.25) is 9.59 Å². The molecule has 1 aliphatic rings. The Bertz CT molecular complexity index is 491. The molecule has 2 amide bonds. The maximum absolute atomic E-state index is 11.9. The van der Waals surface area contributed by atoms with Crippen LogP contribution < -0.4 is 5.32 Å². The van der Waals surface area contributed by atoms with Gasteiger partial charge in [-0.15, -0.1) is 0 Å². The topological polar surface area (TPSA) is 49.4 Å². The van der Waals surface area contributed by atoms with Crippen molar-refractivity contribution in [2.75, 3.05) is 13.1 Å². The number of hydrogen-bond donors (Lipinski definition) is 1. The zero-order chi connectivity index (χ0) is 15.1. The van der Waals surface area contributed by atoms with E-state index in [0.29, 0.717) is 19.5 Å². The molecule has 0 atom stereocenters. The van der Waals surface area contributed by atoms with Crippen LogP contribution in [0.4, 0.5) is 0 Å². The van der Waals surface area contributed by atoms with Crippen LogP contribution in [-0.4, -0.2) is 35.8 Å². The van der Waals surface area contributed by atoms with E-state index in [0.717, 1.165) is 19.3 Å². The van der Waals surface area contributed by atoms with Crippen molar-refractivity contribution in [3.63, 3.8) is 0 Å². The highest BCUT2D eigenvalue weighted by Crippen LogP contribution is 2.11. The van der Waals surface area contributed by atoms with Crippen LogP contribution in [0, 0.1) is 0 Å². The highest BCUT2D eigenvalue weighted by atomic mass is 16.2. The molecule has 0 aromatic heterocycles. The summed E-state index contributed by atoms with van der Waals surface area (Å²) in [6.07, 6.45) is 4.25. The number of hydrogen-bond acceptors (Lipinski definition) is 2. The lowest BCUT2D eigenvalue weighted by Gasteiger charge is -2.31. The van der Waals surface area contributed by atoms with Gasteiger partial charge in [-0.25, -0.2) is 0 Å². The van der Waals surface area contributed by atoms with Crippen LogP contribution in [-0.2, 0) is 16.0 Å². The number of amides is 2. The maximum Gasteiger partial charge on any atom is 0.245 e. The predicted molar refractivity (Wildman–Crippen MR) is 82.7 cm³/mol. The average Bonchev–Trinajstić information content (AvgIpc) is 2.54. The Morgan fingerprint density at radius 3 is 2.52 bits per heavy atom. The van der Waals surface area contributed by atoms with Gasteiger partial charge in [0.15, 0.2) is 0 Å². The summed E-state index contributed by atoms with van der Waals surface area (Å²) in [4.78, 5) is 25.2. The third-order valence-electron chi connectivity index (χ3n) is 3.83. The number of benzene rings is 1. The minimum Gasteiger partial charge on any atom is -0.353 e. The molecule has 1 aliphatic heterocycles. The summed E-state index contributed by atoms with van der Waals surface area (Å²) in [7, 11) is 0. The number of piperidine rings is 1. The van der Waals surface area contributed by atoms with E-state index < -0.39 is 0 Å². The van der Waals surface area contributed by atoms with Gasteiger partial charge in [-0.1, -0.05) is 36.9 Å². The largest absolute Gasteiger partial charge is 0.353 e. The van der Waals surface area contributed by atoms with E-state index in [2.05, 4.69) is 11.9 Å². The number of nitrogens with one attached hydrogen (secondary N) is 1. The van der Waals surface area contributed by atoms with Gasteiger partial charge < -0.3 is 10.2 Å². The van der Waals surface area contributed by atoms with Crippen molar-refractivity contribution >= 4 is 11.8 Å². The van der Waals surface area contributed by atoms with Crippen molar-refractivity contribution in [1.29, 1.82) is 0 Å². The predicted octanol–water partition coefficient (Wildman–Crippen LogP) is 1.91. The van der Waals surface area contributed by atoms with Crippen LogP contribution in [0.3, 0.4) is 0 Å². The fraction of sp³-hybridized carbons (Fsp3) is 0.412. The van der Waals surface area contributed by atoms with Crippen LogP contribution >= 0.6 is 0 Å². The number of likely N-dealkylation sites (tertiary alicyclic amines) is 1. The van der Waals surface area contributed by atoms with E-state index in [1.54, 1.807) is 4.90 Å². The summed E-state index contributed by atoms with van der Waals surface area (Å²) in [5, 5.41) is 3.06. The number of aryl methyl sites for hydroxylation is 1. The molecule has 1 fully saturated rings. The fourth-order valence-electron chi connectivity index (χ4n) is 2.58. The highest BCUT2D eigenvalue weighted by Gasteiger charge is 2.22. The summed E-state index contributed by atoms with van der Waals surface area (Å²) in [5.74, 6) is 0.0659. The van der Waals surface area contributed by atoms with Gasteiger partial charge in [-0.05, 0) is 30.9 Å². The molecule has 0 spiro atoms. The second kappa shape index (κ2) is 7.62. The van der Waals surface area contributed by atoms with Gasteiger partial charge in [0.1, 0.15) is 0 Å². The van der Waals surface area contributed by atoms with Crippen LogP contribution in [0.1, 0.15) is 24.8 Å². The van der Waals surface area contributed by atoms with Crippen LogP contribution in [0.5, 0.6) is 0 Å². The Labute approximate surface area is 125 Å². The van der Waals surface area contributed by atoms with Crippen molar-refractivity contribution in [3.05, 3.63) is 48.6 Å². The van der Waals surface area contributed by atoms with Crippen molar-refractivity contribution in [2.24, 2.45) is 0 Å². The van der Waals surface area contributed by atoms with Crippen LogP contribution in [0.2, 0.25) is 0 Å². The molecule has 1 heterocycles. The third kappa shape index (κ3) is 4.74. The molecule has 0 unspecified atom stereocenters. The Balaban J connectivity index is 1.70. The molecule has 1 saturated heterocycles. The zero-order valence-corrected chi connectivity index (χ0v) is 12.3. The van der Waals surface area contributed by atoms with Crippen molar-refractivity contribution in [3.8, 4) is 0 Å². The second-order valence-electron chi connectivity index (χ2n) is 5.36. The normalized spacial score (nSPS) is 15.5. The van der Waals surface area contributed by atoms with Gasteiger partial charge in [0.05, 0.1) is 0 Å².